The quantitative estimate of drug-likeness (QED) is 0.248. The largest absolute Gasteiger partial charge is 0.491 e. The molecule has 0 bridgehead atoms. The molecule has 1 saturated heterocycles. The SMILES string of the molecule is COc1cn(C2OC(COP(=O)(O)O)C(OP(=O)(O)O)C2O)c(=O)nc1N. The van der Waals surface area contributed by atoms with Crippen LogP contribution in [0, 0.1) is 0 Å². The summed E-state index contributed by atoms with van der Waals surface area (Å²) in [4.78, 5) is 51.0. The van der Waals surface area contributed by atoms with Crippen molar-refractivity contribution in [3.63, 3.8) is 0 Å². The van der Waals surface area contributed by atoms with Crippen LogP contribution in [0.1, 0.15) is 6.23 Å². The van der Waals surface area contributed by atoms with Crippen LogP contribution in [0.15, 0.2) is 11.0 Å². The molecule has 0 aromatic carbocycles. The van der Waals surface area contributed by atoms with E-state index in [0.717, 1.165) is 6.20 Å². The molecule has 4 atom stereocenters. The molecule has 1 aromatic rings. The van der Waals surface area contributed by atoms with Crippen LogP contribution in [0.2, 0.25) is 0 Å². The van der Waals surface area contributed by atoms with E-state index in [0.29, 0.717) is 4.57 Å². The van der Waals surface area contributed by atoms with Gasteiger partial charge in [0.15, 0.2) is 17.8 Å². The molecule has 7 N–H and O–H groups in total. The topological polar surface area (TPSA) is 233 Å². The van der Waals surface area contributed by atoms with E-state index < -0.39 is 52.5 Å². The number of nitrogens with two attached hydrogens (primary N) is 1. The Morgan fingerprint density at radius 3 is 2.44 bits per heavy atom. The van der Waals surface area contributed by atoms with Crippen LogP contribution < -0.4 is 16.2 Å². The highest BCUT2D eigenvalue weighted by atomic mass is 31.2. The molecule has 17 heteroatoms. The van der Waals surface area contributed by atoms with Gasteiger partial charge in [0.05, 0.1) is 19.9 Å². The maximum atomic E-state index is 12.0. The Labute approximate surface area is 150 Å². The predicted molar refractivity (Wildman–Crippen MR) is 84.3 cm³/mol. The Bertz CT molecular complexity index is 833. The first-order valence-corrected chi connectivity index (χ1v) is 10.1. The second-order valence-corrected chi connectivity index (χ2v) is 7.72. The summed E-state index contributed by atoms with van der Waals surface area (Å²) < 4.78 is 41.5. The number of nitrogen functional groups attached to an aromatic ring is 1. The summed E-state index contributed by atoms with van der Waals surface area (Å²) >= 11 is 0. The molecule has 1 fully saturated rings. The van der Waals surface area contributed by atoms with E-state index >= 15 is 0 Å². The molecular formula is C10H17N3O12P2. The molecule has 1 aromatic heterocycles. The number of methoxy groups -OCH3 is 1. The molecule has 2 heterocycles. The lowest BCUT2D eigenvalue weighted by molar-refractivity contribution is -0.0542. The zero-order chi connectivity index (χ0) is 20.6. The first-order valence-electron chi connectivity index (χ1n) is 7.02. The Morgan fingerprint density at radius 2 is 1.93 bits per heavy atom. The van der Waals surface area contributed by atoms with Gasteiger partial charge in [-0.1, -0.05) is 0 Å². The Morgan fingerprint density at radius 1 is 1.30 bits per heavy atom. The fourth-order valence-electron chi connectivity index (χ4n) is 2.35. The van der Waals surface area contributed by atoms with Gasteiger partial charge in [-0.2, -0.15) is 4.98 Å². The fraction of sp³-hybridized carbons (Fsp3) is 0.600. The van der Waals surface area contributed by atoms with Gasteiger partial charge in [-0.3, -0.25) is 13.6 Å². The van der Waals surface area contributed by atoms with Crippen LogP contribution in [0.25, 0.3) is 0 Å². The van der Waals surface area contributed by atoms with Crippen molar-refractivity contribution in [2.45, 2.75) is 24.5 Å². The Balaban J connectivity index is 2.37. The van der Waals surface area contributed by atoms with Crippen LogP contribution in [0.4, 0.5) is 5.82 Å². The van der Waals surface area contributed by atoms with Gasteiger partial charge in [0.2, 0.25) is 0 Å². The van der Waals surface area contributed by atoms with Crippen molar-refractivity contribution in [3.8, 4) is 5.75 Å². The third kappa shape index (κ3) is 5.56. The molecule has 0 aliphatic carbocycles. The third-order valence-electron chi connectivity index (χ3n) is 3.42. The maximum Gasteiger partial charge on any atom is 0.470 e. The number of phosphoric ester groups is 2. The maximum absolute atomic E-state index is 12.0. The van der Waals surface area contributed by atoms with Crippen LogP contribution >= 0.6 is 15.6 Å². The zero-order valence-electron chi connectivity index (χ0n) is 13.6. The number of aliphatic hydroxyl groups is 1. The van der Waals surface area contributed by atoms with E-state index in [9.17, 15) is 19.0 Å². The average molecular weight is 433 g/mol. The lowest BCUT2D eigenvalue weighted by atomic mass is 10.1. The van der Waals surface area contributed by atoms with Crippen molar-refractivity contribution in [1.29, 1.82) is 0 Å². The van der Waals surface area contributed by atoms with E-state index in [1.54, 1.807) is 0 Å². The van der Waals surface area contributed by atoms with Crippen molar-refractivity contribution in [2.75, 3.05) is 19.5 Å². The Kier molecular flexibility index (Phi) is 6.44. The summed E-state index contributed by atoms with van der Waals surface area (Å²) in [5, 5.41) is 10.3. The monoisotopic (exact) mass is 433 g/mol. The predicted octanol–water partition coefficient (Wildman–Crippen LogP) is -2.32. The molecule has 0 spiro atoms. The smallest absolute Gasteiger partial charge is 0.470 e. The fourth-order valence-corrected chi connectivity index (χ4v) is 3.26. The van der Waals surface area contributed by atoms with E-state index in [2.05, 4.69) is 14.0 Å². The standard InChI is InChI=1S/C10H17N3O12P2/c1-22-4-2-13(10(15)12-8(4)11)9-6(14)7(25-27(19,20)21)5(24-9)3-23-26(16,17)18/h2,5-7,9,14H,3H2,1H3,(H2,11,12,15)(H2,16,17,18)(H2,19,20,21). The third-order valence-corrected chi connectivity index (χ3v) is 4.42. The van der Waals surface area contributed by atoms with Gasteiger partial charge >= 0.3 is 21.3 Å². The molecule has 4 unspecified atom stereocenters. The van der Waals surface area contributed by atoms with Gasteiger partial charge < -0.3 is 39.9 Å². The number of aliphatic hydroxyl groups excluding tert-OH is 1. The Hall–Kier alpha value is -1.38. The summed E-state index contributed by atoms with van der Waals surface area (Å²) in [6, 6.07) is 0. The van der Waals surface area contributed by atoms with Crippen molar-refractivity contribution < 1.29 is 52.3 Å². The van der Waals surface area contributed by atoms with Crippen molar-refractivity contribution in [2.24, 2.45) is 0 Å². The van der Waals surface area contributed by atoms with E-state index in [4.69, 9.17) is 34.8 Å². The number of phosphoric acid groups is 2. The van der Waals surface area contributed by atoms with Gasteiger partial charge in [0, 0.05) is 0 Å². The highest BCUT2D eigenvalue weighted by Crippen LogP contribution is 2.45. The minimum atomic E-state index is -5.14. The first kappa shape index (κ1) is 21.9. The summed E-state index contributed by atoms with van der Waals surface area (Å²) in [5.74, 6) is -0.316. The number of hydrogen-bond donors (Lipinski definition) is 6. The molecule has 2 rings (SSSR count). The molecule has 0 amide bonds. The highest BCUT2D eigenvalue weighted by Gasteiger charge is 2.49. The average Bonchev–Trinajstić information content (AvgIpc) is 2.80. The second kappa shape index (κ2) is 7.93. The second-order valence-electron chi connectivity index (χ2n) is 5.29. The molecule has 0 saturated carbocycles. The molecule has 1 aliphatic heterocycles. The number of aromatic nitrogens is 2. The zero-order valence-corrected chi connectivity index (χ0v) is 15.3. The number of anilines is 1. The molecule has 154 valence electrons. The number of hydrogen-bond acceptors (Lipinski definition) is 10. The number of rotatable bonds is 7. The highest BCUT2D eigenvalue weighted by molar-refractivity contribution is 7.46. The normalized spacial score (nSPS) is 26.3. The minimum absolute atomic E-state index is 0.0622. The van der Waals surface area contributed by atoms with Gasteiger partial charge in [-0.25, -0.2) is 13.9 Å². The van der Waals surface area contributed by atoms with Crippen molar-refractivity contribution in [1.82, 2.24) is 9.55 Å². The minimum Gasteiger partial charge on any atom is -0.491 e. The van der Waals surface area contributed by atoms with Gasteiger partial charge in [-0.05, 0) is 0 Å². The lowest BCUT2D eigenvalue weighted by Crippen LogP contribution is -2.37. The van der Waals surface area contributed by atoms with Gasteiger partial charge in [0.1, 0.15) is 18.3 Å². The molecule has 0 radical (unpaired) electrons. The van der Waals surface area contributed by atoms with E-state index in [1.807, 2.05) is 0 Å². The van der Waals surface area contributed by atoms with Crippen LogP contribution in [-0.2, 0) is 22.9 Å². The van der Waals surface area contributed by atoms with Crippen LogP contribution in [0.5, 0.6) is 5.75 Å². The molecule has 15 nitrogen and oxygen atoms in total. The van der Waals surface area contributed by atoms with Crippen molar-refractivity contribution >= 4 is 21.5 Å². The molecule has 1 aliphatic rings. The van der Waals surface area contributed by atoms with Crippen molar-refractivity contribution in [3.05, 3.63) is 16.7 Å². The summed E-state index contributed by atoms with van der Waals surface area (Å²) in [7, 11) is -8.88. The number of ether oxygens (including phenoxy) is 2. The van der Waals surface area contributed by atoms with Crippen LogP contribution in [0.3, 0.4) is 0 Å². The van der Waals surface area contributed by atoms with Gasteiger partial charge in [-0.15, -0.1) is 0 Å². The summed E-state index contributed by atoms with van der Waals surface area (Å²) in [6.45, 7) is -0.906. The van der Waals surface area contributed by atoms with Crippen LogP contribution in [-0.4, -0.2) is 66.3 Å². The van der Waals surface area contributed by atoms with E-state index in [-0.39, 0.29) is 11.6 Å². The first-order chi connectivity index (χ1) is 12.3. The van der Waals surface area contributed by atoms with E-state index in [1.165, 1.54) is 7.11 Å². The summed E-state index contributed by atoms with van der Waals surface area (Å²) in [6.07, 6.45) is -5.77. The molecular weight excluding hydrogens is 416 g/mol. The number of nitrogens with zero attached hydrogens (tertiary/aromatic N) is 2. The summed E-state index contributed by atoms with van der Waals surface area (Å²) in [5.41, 5.74) is 4.48. The lowest BCUT2D eigenvalue weighted by Gasteiger charge is -2.21. The molecule has 27 heavy (non-hydrogen) atoms. The van der Waals surface area contributed by atoms with Gasteiger partial charge in [0.25, 0.3) is 0 Å².